The highest BCUT2D eigenvalue weighted by Crippen LogP contribution is 2.39. The summed E-state index contributed by atoms with van der Waals surface area (Å²) >= 11 is 0. The van der Waals surface area contributed by atoms with Gasteiger partial charge in [-0.25, -0.2) is 19.2 Å². The van der Waals surface area contributed by atoms with Crippen molar-refractivity contribution >= 4 is 23.5 Å². The summed E-state index contributed by atoms with van der Waals surface area (Å²) in [6.45, 7) is 1.94. The second-order valence-corrected chi connectivity index (χ2v) is 9.86. The topological polar surface area (TPSA) is 151 Å². The van der Waals surface area contributed by atoms with Crippen molar-refractivity contribution in [1.29, 1.82) is 5.26 Å². The van der Waals surface area contributed by atoms with Gasteiger partial charge in [-0.2, -0.15) is 15.5 Å². The van der Waals surface area contributed by atoms with Crippen molar-refractivity contribution in [2.45, 2.75) is 56.3 Å². The molecule has 2 aliphatic rings. The number of amides is 1. The second-order valence-electron chi connectivity index (χ2n) is 9.86. The lowest BCUT2D eigenvalue weighted by molar-refractivity contribution is 0.0546. The van der Waals surface area contributed by atoms with Crippen molar-refractivity contribution in [3.05, 3.63) is 42.1 Å². The number of nitrogens with one attached hydrogen (secondary N) is 3. The second kappa shape index (κ2) is 8.58. The van der Waals surface area contributed by atoms with Crippen LogP contribution in [-0.4, -0.2) is 58.3 Å². The monoisotopic (exact) mass is 504 g/mol. The van der Waals surface area contributed by atoms with Crippen molar-refractivity contribution in [3.8, 4) is 17.3 Å². The molecule has 37 heavy (non-hydrogen) atoms. The maximum atomic E-state index is 15.2. The first-order chi connectivity index (χ1) is 17.8. The molecule has 3 N–H and O–H groups in total. The van der Waals surface area contributed by atoms with Crippen LogP contribution >= 0.6 is 0 Å². The smallest absolute Gasteiger partial charge is 0.407 e. The Bertz CT molecular complexity index is 1530. The van der Waals surface area contributed by atoms with Crippen LogP contribution in [0.2, 0.25) is 0 Å². The van der Waals surface area contributed by atoms with Crippen LogP contribution in [0.4, 0.5) is 21.0 Å². The standard InChI is InChI=1S/C24H25FN10O2/c1-24(6-7-24)31-23(36)37-18-4-3-14(20(18)25)16-9-19(33-32-16)30-22-27-11-15(17-5-8-28-34(17)2)21-29-13(10-26)12-35(21)22/h5,8-9,11-12,14,18,20H,3-4,6-7H2,1-2H3,(H,31,36)(H2,27,30,32,33)/t14-,18-,20-/m1/s1. The minimum atomic E-state index is -1.35. The average molecular weight is 505 g/mol. The van der Waals surface area contributed by atoms with Gasteiger partial charge in [0.1, 0.15) is 18.3 Å². The fourth-order valence-corrected chi connectivity index (χ4v) is 4.75. The number of aromatic amines is 1. The van der Waals surface area contributed by atoms with Crippen molar-refractivity contribution in [3.63, 3.8) is 0 Å². The molecular weight excluding hydrogens is 479 g/mol. The maximum absolute atomic E-state index is 15.2. The SMILES string of the molecule is Cn1nccc1-c1cnc(Nc2cc([C@H]3CC[C@@H](OC(=O)NC4(C)CC4)[C@@H]3F)[nH]n2)n2cc(C#N)nc12. The number of hydrogen-bond donors (Lipinski definition) is 3. The Labute approximate surface area is 210 Å². The van der Waals surface area contributed by atoms with E-state index in [1.807, 2.05) is 20.0 Å². The van der Waals surface area contributed by atoms with Gasteiger partial charge in [-0.05, 0) is 38.7 Å². The highest BCUT2D eigenvalue weighted by molar-refractivity contribution is 5.77. The van der Waals surface area contributed by atoms with E-state index in [2.05, 4.69) is 42.0 Å². The van der Waals surface area contributed by atoms with Gasteiger partial charge in [-0.3, -0.25) is 14.2 Å². The summed E-state index contributed by atoms with van der Waals surface area (Å²) in [4.78, 5) is 21.1. The van der Waals surface area contributed by atoms with Crippen LogP contribution in [0.5, 0.6) is 0 Å². The molecule has 0 bridgehead atoms. The first-order valence-corrected chi connectivity index (χ1v) is 12.1. The summed E-state index contributed by atoms with van der Waals surface area (Å²) in [5.41, 5.74) is 2.66. The number of hydrogen-bond acceptors (Lipinski definition) is 8. The van der Waals surface area contributed by atoms with Crippen molar-refractivity contribution < 1.29 is 13.9 Å². The molecule has 1 amide bonds. The molecule has 6 rings (SSSR count). The molecule has 0 spiro atoms. The van der Waals surface area contributed by atoms with Crippen LogP contribution in [0, 0.1) is 11.3 Å². The van der Waals surface area contributed by atoms with E-state index in [0.29, 0.717) is 41.5 Å². The molecule has 190 valence electrons. The number of nitrogens with zero attached hydrogens (tertiary/aromatic N) is 7. The molecule has 2 fully saturated rings. The molecule has 2 aliphatic carbocycles. The minimum Gasteiger partial charge on any atom is -0.443 e. The molecule has 13 heteroatoms. The lowest BCUT2D eigenvalue weighted by atomic mass is 10.0. The van der Waals surface area contributed by atoms with Gasteiger partial charge < -0.3 is 15.4 Å². The Morgan fingerprint density at radius 1 is 1.38 bits per heavy atom. The molecule has 12 nitrogen and oxygen atoms in total. The normalized spacial score (nSPS) is 22.1. The molecular formula is C24H25FN10O2. The quantitative estimate of drug-likeness (QED) is 0.362. The number of H-pyrrole nitrogens is 1. The Morgan fingerprint density at radius 3 is 2.95 bits per heavy atom. The molecule has 4 aromatic rings. The number of alkyl carbamates (subject to hydrolysis) is 1. The van der Waals surface area contributed by atoms with Gasteiger partial charge in [0.2, 0.25) is 5.95 Å². The molecule has 0 saturated heterocycles. The van der Waals surface area contributed by atoms with E-state index in [1.54, 1.807) is 33.7 Å². The number of ether oxygens (including phenoxy) is 1. The van der Waals surface area contributed by atoms with Crippen LogP contribution in [0.15, 0.2) is 30.7 Å². The summed E-state index contributed by atoms with van der Waals surface area (Å²) in [5, 5.41) is 26.7. The van der Waals surface area contributed by atoms with Crippen LogP contribution < -0.4 is 10.6 Å². The van der Waals surface area contributed by atoms with Crippen LogP contribution in [-0.2, 0) is 11.8 Å². The Hall–Kier alpha value is -4.47. The molecule has 2 saturated carbocycles. The number of imidazole rings is 1. The molecule has 0 unspecified atom stereocenters. The molecule has 3 atom stereocenters. The third kappa shape index (κ3) is 4.24. The van der Waals surface area contributed by atoms with Crippen molar-refractivity contribution in [2.75, 3.05) is 5.32 Å². The van der Waals surface area contributed by atoms with Crippen LogP contribution in [0.3, 0.4) is 0 Å². The number of carbonyl (C=O) groups excluding carboxylic acids is 1. The van der Waals surface area contributed by atoms with Gasteiger partial charge in [0.25, 0.3) is 0 Å². The lowest BCUT2D eigenvalue weighted by Gasteiger charge is -2.19. The van der Waals surface area contributed by atoms with Gasteiger partial charge in [0.05, 0.1) is 17.5 Å². The molecule has 4 aromatic heterocycles. The molecule has 0 aromatic carbocycles. The van der Waals surface area contributed by atoms with E-state index >= 15 is 4.39 Å². The van der Waals surface area contributed by atoms with Gasteiger partial charge in [0.15, 0.2) is 17.2 Å². The first kappa shape index (κ1) is 23.0. The first-order valence-electron chi connectivity index (χ1n) is 12.1. The summed E-state index contributed by atoms with van der Waals surface area (Å²) in [5.74, 6) is 0.346. The average Bonchev–Trinajstić information content (AvgIpc) is 3.35. The molecule has 0 aliphatic heterocycles. The van der Waals surface area contributed by atoms with E-state index < -0.39 is 24.3 Å². The number of halogens is 1. The van der Waals surface area contributed by atoms with Gasteiger partial charge >= 0.3 is 6.09 Å². The molecule has 0 radical (unpaired) electrons. The molecule has 4 heterocycles. The zero-order valence-corrected chi connectivity index (χ0v) is 20.3. The predicted molar refractivity (Wildman–Crippen MR) is 130 cm³/mol. The third-order valence-electron chi connectivity index (χ3n) is 7.10. The van der Waals surface area contributed by atoms with E-state index in [0.717, 1.165) is 18.5 Å². The maximum Gasteiger partial charge on any atom is 0.407 e. The fraction of sp³-hybridized carbons (Fsp3) is 0.417. The highest BCUT2D eigenvalue weighted by atomic mass is 19.1. The highest BCUT2D eigenvalue weighted by Gasteiger charge is 2.43. The van der Waals surface area contributed by atoms with Gasteiger partial charge in [-0.15, -0.1) is 0 Å². The summed E-state index contributed by atoms with van der Waals surface area (Å²) < 4.78 is 24.0. The number of aryl methyl sites for hydroxylation is 1. The summed E-state index contributed by atoms with van der Waals surface area (Å²) in [6, 6.07) is 5.62. The number of fused-ring (bicyclic) bond motifs is 1. The van der Waals surface area contributed by atoms with Gasteiger partial charge in [-0.1, -0.05) is 0 Å². The zero-order chi connectivity index (χ0) is 25.7. The van der Waals surface area contributed by atoms with Crippen molar-refractivity contribution in [1.82, 2.24) is 39.7 Å². The fourth-order valence-electron chi connectivity index (χ4n) is 4.75. The summed E-state index contributed by atoms with van der Waals surface area (Å²) in [6.07, 6.45) is 4.96. The Balaban J connectivity index is 1.20. The van der Waals surface area contributed by atoms with Crippen LogP contribution in [0.25, 0.3) is 16.9 Å². The Kier molecular flexibility index (Phi) is 5.32. The third-order valence-corrected chi connectivity index (χ3v) is 7.10. The number of alkyl halides is 1. The van der Waals surface area contributed by atoms with Gasteiger partial charge in [0, 0.05) is 42.7 Å². The van der Waals surface area contributed by atoms with E-state index in [-0.39, 0.29) is 11.2 Å². The van der Waals surface area contributed by atoms with E-state index in [9.17, 15) is 10.1 Å². The van der Waals surface area contributed by atoms with Crippen LogP contribution in [0.1, 0.15) is 49.9 Å². The number of nitriles is 1. The Morgan fingerprint density at radius 2 is 2.22 bits per heavy atom. The van der Waals surface area contributed by atoms with Crippen molar-refractivity contribution in [2.24, 2.45) is 7.05 Å². The van der Waals surface area contributed by atoms with E-state index in [4.69, 9.17) is 4.74 Å². The zero-order valence-electron chi connectivity index (χ0n) is 20.3. The summed E-state index contributed by atoms with van der Waals surface area (Å²) in [7, 11) is 1.81. The lowest BCUT2D eigenvalue weighted by Crippen LogP contribution is -2.38. The number of carbonyl (C=O) groups is 1. The predicted octanol–water partition coefficient (Wildman–Crippen LogP) is 3.33. The number of anilines is 2. The van der Waals surface area contributed by atoms with E-state index in [1.165, 1.54) is 0 Å². The largest absolute Gasteiger partial charge is 0.443 e. The number of aromatic nitrogens is 7. The minimum absolute atomic E-state index is 0.219. The number of rotatable bonds is 6.